The Morgan fingerprint density at radius 2 is 2.10 bits per heavy atom. The molecule has 0 bridgehead atoms. The van der Waals surface area contributed by atoms with Crippen molar-refractivity contribution >= 4 is 33.0 Å². The average molecular weight is 348 g/mol. The van der Waals surface area contributed by atoms with Crippen molar-refractivity contribution in [3.8, 4) is 5.69 Å². The van der Waals surface area contributed by atoms with Crippen LogP contribution in [0.2, 0.25) is 0 Å². The van der Waals surface area contributed by atoms with Gasteiger partial charge in [0.1, 0.15) is 5.69 Å². The molecule has 0 amide bonds. The number of rotatable bonds is 4. The molecular formula is C14H10BrN3OS. The molecule has 2 heterocycles. The number of Topliss-reactive ketones (excluding diaryl/α,β-unsaturated/α-hetero) is 1. The number of carbonyl (C=O) groups excluding carboxylic acids is 1. The Balaban J connectivity index is 1.78. The van der Waals surface area contributed by atoms with Crippen LogP contribution in [0, 0.1) is 0 Å². The second-order valence-electron chi connectivity index (χ2n) is 4.19. The number of thiophene rings is 1. The van der Waals surface area contributed by atoms with Gasteiger partial charge < -0.3 is 0 Å². The van der Waals surface area contributed by atoms with Crippen molar-refractivity contribution in [2.75, 3.05) is 0 Å². The van der Waals surface area contributed by atoms with Gasteiger partial charge >= 0.3 is 0 Å². The molecule has 0 fully saturated rings. The molecule has 0 aliphatic heterocycles. The largest absolute Gasteiger partial charge is 0.292 e. The van der Waals surface area contributed by atoms with Gasteiger partial charge in [-0.1, -0.05) is 18.2 Å². The summed E-state index contributed by atoms with van der Waals surface area (Å²) in [4.78, 5) is 14.6. The Kier molecular flexibility index (Phi) is 3.75. The molecule has 3 rings (SSSR count). The first-order valence-electron chi connectivity index (χ1n) is 5.96. The lowest BCUT2D eigenvalue weighted by molar-refractivity contribution is 0.0988. The minimum Gasteiger partial charge on any atom is -0.292 e. The van der Waals surface area contributed by atoms with E-state index in [2.05, 4.69) is 26.1 Å². The summed E-state index contributed by atoms with van der Waals surface area (Å²) in [6.45, 7) is 0. The zero-order chi connectivity index (χ0) is 13.9. The first-order valence-corrected chi connectivity index (χ1v) is 7.63. The van der Waals surface area contributed by atoms with E-state index in [1.54, 1.807) is 11.3 Å². The van der Waals surface area contributed by atoms with Gasteiger partial charge in [0.05, 0.1) is 11.9 Å². The van der Waals surface area contributed by atoms with E-state index in [1.807, 2.05) is 41.8 Å². The smallest absolute Gasteiger partial charge is 0.189 e. The van der Waals surface area contributed by atoms with Gasteiger partial charge in [-0.15, -0.1) is 16.4 Å². The Labute approximate surface area is 128 Å². The molecule has 0 atom stereocenters. The number of nitrogens with zero attached hydrogens (tertiary/aromatic N) is 3. The standard InChI is InChI=1S/C14H10BrN3OS/c15-10-6-12(20-9-10)7-14(19)13-8-16-18(17-13)11-4-2-1-3-5-11/h1-6,8-9H,7H2. The molecule has 0 aliphatic rings. The minimum atomic E-state index is -0.0264. The third-order valence-electron chi connectivity index (χ3n) is 2.72. The monoisotopic (exact) mass is 347 g/mol. The molecule has 0 saturated carbocycles. The lowest BCUT2D eigenvalue weighted by Crippen LogP contribution is -2.05. The fourth-order valence-electron chi connectivity index (χ4n) is 1.77. The molecule has 0 saturated heterocycles. The third kappa shape index (κ3) is 2.86. The molecule has 0 unspecified atom stereocenters. The summed E-state index contributed by atoms with van der Waals surface area (Å²) in [5.41, 5.74) is 1.23. The van der Waals surface area contributed by atoms with Gasteiger partial charge in [-0.25, -0.2) is 0 Å². The van der Waals surface area contributed by atoms with E-state index >= 15 is 0 Å². The highest BCUT2D eigenvalue weighted by atomic mass is 79.9. The summed E-state index contributed by atoms with van der Waals surface area (Å²) in [6, 6.07) is 11.5. The molecule has 3 aromatic rings. The maximum atomic E-state index is 12.1. The number of benzene rings is 1. The quantitative estimate of drug-likeness (QED) is 0.678. The number of aromatic nitrogens is 3. The summed E-state index contributed by atoms with van der Waals surface area (Å²) >= 11 is 4.93. The molecule has 0 N–H and O–H groups in total. The van der Waals surface area contributed by atoms with Gasteiger partial charge in [0.25, 0.3) is 0 Å². The maximum Gasteiger partial charge on any atom is 0.189 e. The van der Waals surface area contributed by atoms with Crippen molar-refractivity contribution in [3.63, 3.8) is 0 Å². The number of hydrogen-bond acceptors (Lipinski definition) is 4. The van der Waals surface area contributed by atoms with Gasteiger partial charge in [0.2, 0.25) is 0 Å². The second kappa shape index (κ2) is 5.68. The number of carbonyl (C=O) groups is 1. The van der Waals surface area contributed by atoms with Gasteiger partial charge in [-0.3, -0.25) is 4.79 Å². The van der Waals surface area contributed by atoms with E-state index in [1.165, 1.54) is 11.0 Å². The molecule has 0 aliphatic carbocycles. The van der Waals surface area contributed by atoms with Crippen molar-refractivity contribution in [2.24, 2.45) is 0 Å². The van der Waals surface area contributed by atoms with Crippen LogP contribution in [0.1, 0.15) is 15.4 Å². The fourth-order valence-corrected chi connectivity index (χ4v) is 3.22. The molecule has 100 valence electrons. The van der Waals surface area contributed by atoms with Crippen LogP contribution in [-0.2, 0) is 6.42 Å². The van der Waals surface area contributed by atoms with Gasteiger partial charge in [0, 0.05) is 21.2 Å². The van der Waals surface area contributed by atoms with Crippen LogP contribution in [0.3, 0.4) is 0 Å². The van der Waals surface area contributed by atoms with E-state index in [0.29, 0.717) is 12.1 Å². The first kappa shape index (κ1) is 13.2. The molecular weight excluding hydrogens is 338 g/mol. The Hall–Kier alpha value is -1.79. The number of ketones is 1. The van der Waals surface area contributed by atoms with Crippen molar-refractivity contribution in [1.82, 2.24) is 15.0 Å². The number of halogens is 1. The Bertz CT molecular complexity index is 736. The third-order valence-corrected chi connectivity index (χ3v) is 4.42. The van der Waals surface area contributed by atoms with Gasteiger partial charge in [-0.2, -0.15) is 9.90 Å². The molecule has 2 aromatic heterocycles. The van der Waals surface area contributed by atoms with E-state index in [9.17, 15) is 4.79 Å². The van der Waals surface area contributed by atoms with Crippen LogP contribution in [0.4, 0.5) is 0 Å². The Morgan fingerprint density at radius 3 is 2.80 bits per heavy atom. The molecule has 0 radical (unpaired) electrons. The summed E-state index contributed by atoms with van der Waals surface area (Å²) in [7, 11) is 0. The van der Waals surface area contributed by atoms with Crippen LogP contribution in [0.5, 0.6) is 0 Å². The molecule has 0 spiro atoms. The highest BCUT2D eigenvalue weighted by molar-refractivity contribution is 9.10. The van der Waals surface area contributed by atoms with Gasteiger partial charge in [-0.05, 0) is 34.1 Å². The van der Waals surface area contributed by atoms with Crippen molar-refractivity contribution in [2.45, 2.75) is 6.42 Å². The van der Waals surface area contributed by atoms with Crippen LogP contribution in [0.15, 0.2) is 52.4 Å². The lowest BCUT2D eigenvalue weighted by atomic mass is 10.2. The maximum absolute atomic E-state index is 12.1. The zero-order valence-corrected chi connectivity index (χ0v) is 12.8. The second-order valence-corrected chi connectivity index (χ2v) is 6.10. The predicted octanol–water partition coefficient (Wildman–Crippen LogP) is 3.52. The Morgan fingerprint density at radius 1 is 1.30 bits per heavy atom. The normalized spacial score (nSPS) is 10.7. The molecule has 1 aromatic carbocycles. The van der Waals surface area contributed by atoms with E-state index < -0.39 is 0 Å². The lowest BCUT2D eigenvalue weighted by Gasteiger charge is -1.97. The predicted molar refractivity (Wildman–Crippen MR) is 81.4 cm³/mol. The van der Waals surface area contributed by atoms with Crippen LogP contribution in [-0.4, -0.2) is 20.8 Å². The summed E-state index contributed by atoms with van der Waals surface area (Å²) < 4.78 is 0.998. The van der Waals surface area contributed by atoms with E-state index in [-0.39, 0.29) is 5.78 Å². The average Bonchev–Trinajstić information content (AvgIpc) is 3.09. The van der Waals surface area contributed by atoms with Crippen LogP contribution < -0.4 is 0 Å². The van der Waals surface area contributed by atoms with Crippen LogP contribution >= 0.6 is 27.3 Å². The number of hydrogen-bond donors (Lipinski definition) is 0. The van der Waals surface area contributed by atoms with E-state index in [4.69, 9.17) is 0 Å². The molecule has 4 nitrogen and oxygen atoms in total. The van der Waals surface area contributed by atoms with Crippen LogP contribution in [0.25, 0.3) is 5.69 Å². The summed E-state index contributed by atoms with van der Waals surface area (Å²) in [5.74, 6) is -0.0264. The fraction of sp³-hybridized carbons (Fsp3) is 0.0714. The molecule has 20 heavy (non-hydrogen) atoms. The summed E-state index contributed by atoms with van der Waals surface area (Å²) in [5, 5.41) is 10.3. The first-order chi connectivity index (χ1) is 9.72. The highest BCUT2D eigenvalue weighted by Crippen LogP contribution is 2.21. The topological polar surface area (TPSA) is 47.8 Å². The van der Waals surface area contributed by atoms with Crippen molar-refractivity contribution in [1.29, 1.82) is 0 Å². The number of para-hydroxylation sites is 1. The highest BCUT2D eigenvalue weighted by Gasteiger charge is 2.13. The SMILES string of the molecule is O=C(Cc1cc(Br)cs1)c1cnn(-c2ccccc2)n1. The minimum absolute atomic E-state index is 0.0264. The van der Waals surface area contributed by atoms with Crippen molar-refractivity contribution in [3.05, 3.63) is 63.0 Å². The summed E-state index contributed by atoms with van der Waals surface area (Å²) in [6.07, 6.45) is 1.86. The molecule has 6 heteroatoms. The van der Waals surface area contributed by atoms with Crippen molar-refractivity contribution < 1.29 is 4.79 Å². The van der Waals surface area contributed by atoms with Gasteiger partial charge in [0.15, 0.2) is 5.78 Å². The zero-order valence-electron chi connectivity index (χ0n) is 10.4. The van der Waals surface area contributed by atoms with E-state index in [0.717, 1.165) is 15.0 Å².